The summed E-state index contributed by atoms with van der Waals surface area (Å²) < 4.78 is 0. The first kappa shape index (κ1) is 18.9. The van der Waals surface area contributed by atoms with Crippen molar-refractivity contribution in [3.8, 4) is 0 Å². The number of piperidine rings is 1. The molecular weight excluding hydrogens is 209 g/mol. The average Bonchev–Trinajstić information content (AvgIpc) is 2.22. The molecule has 0 aromatic heterocycles. The van der Waals surface area contributed by atoms with E-state index in [2.05, 4.69) is 18.4 Å². The summed E-state index contributed by atoms with van der Waals surface area (Å²) in [7, 11) is 2.29. The number of nitrogens with zero attached hydrogens (tertiary/aromatic N) is 1. The zero-order valence-corrected chi connectivity index (χ0v) is 14.5. The van der Waals surface area contributed by atoms with Gasteiger partial charge in [-0.15, -0.1) is 0 Å². The maximum Gasteiger partial charge on any atom is 1.00 e. The topological polar surface area (TPSA) is 3.24 Å². The third-order valence-corrected chi connectivity index (χ3v) is 3.33. The Morgan fingerprint density at radius 3 is 2.47 bits per heavy atom. The Morgan fingerprint density at radius 2 is 1.87 bits per heavy atom. The Bertz CT molecular complexity index is 136. The Hall–Kier alpha value is 1.60. The van der Waals surface area contributed by atoms with E-state index in [9.17, 15) is 0 Å². The second-order valence-electron chi connectivity index (χ2n) is 4.05. The van der Waals surface area contributed by atoms with Gasteiger partial charge in [0, 0.05) is 6.04 Å². The summed E-state index contributed by atoms with van der Waals surface area (Å²) in [6.07, 6.45) is 9.54. The molecule has 0 amide bonds. The molecule has 1 heterocycles. The third kappa shape index (κ3) is 5.65. The van der Waals surface area contributed by atoms with E-state index >= 15 is 0 Å². The van der Waals surface area contributed by atoms with Crippen molar-refractivity contribution in [2.45, 2.75) is 52.0 Å². The molecule has 1 nitrogen and oxygen atoms in total. The number of fused-ring (bicyclic) bond motifs is 1. The summed E-state index contributed by atoms with van der Waals surface area (Å²) in [4.78, 5) is 2.57. The van der Waals surface area contributed by atoms with E-state index in [-0.39, 0.29) is 58.8 Å². The molecule has 2 unspecified atom stereocenters. The van der Waals surface area contributed by atoms with Crippen LogP contribution in [0.15, 0.2) is 0 Å². The molecule has 2 heteroatoms. The van der Waals surface area contributed by atoms with Gasteiger partial charge in [0.15, 0.2) is 0 Å². The van der Waals surface area contributed by atoms with Crippen LogP contribution in [0, 0.1) is 19.8 Å². The molecule has 0 aromatic rings. The van der Waals surface area contributed by atoms with Gasteiger partial charge in [-0.25, -0.2) is 0 Å². The normalized spacial score (nSPS) is 29.8. The van der Waals surface area contributed by atoms with Crippen molar-refractivity contribution in [1.82, 2.24) is 4.90 Å². The molecule has 1 aliphatic heterocycles. The molecule has 1 aliphatic carbocycles. The Kier molecular flexibility index (Phi) is 13.6. The van der Waals surface area contributed by atoms with Gasteiger partial charge in [-0.2, -0.15) is 12.8 Å². The second-order valence-corrected chi connectivity index (χ2v) is 4.05. The minimum atomic E-state index is 0. The SMILES string of the molecule is CC.CN1CCCC2C[CH-]CCC21.[CH3-].[K+]. The van der Waals surface area contributed by atoms with Crippen LogP contribution in [0.4, 0.5) is 0 Å². The van der Waals surface area contributed by atoms with Gasteiger partial charge in [0.2, 0.25) is 0 Å². The Morgan fingerprint density at radius 1 is 1.20 bits per heavy atom. The predicted molar refractivity (Wildman–Crippen MR) is 65.1 cm³/mol. The minimum absolute atomic E-state index is 0. The van der Waals surface area contributed by atoms with E-state index < -0.39 is 0 Å². The van der Waals surface area contributed by atoms with Crippen LogP contribution in [0.25, 0.3) is 0 Å². The predicted octanol–water partition coefficient (Wildman–Crippen LogP) is 0.565. The smallest absolute Gasteiger partial charge is 0.358 e. The maximum absolute atomic E-state index is 2.57. The van der Waals surface area contributed by atoms with Gasteiger partial charge < -0.3 is 18.7 Å². The molecule has 2 atom stereocenters. The van der Waals surface area contributed by atoms with Crippen LogP contribution in [-0.4, -0.2) is 24.5 Å². The van der Waals surface area contributed by atoms with Crippen molar-refractivity contribution in [1.29, 1.82) is 0 Å². The van der Waals surface area contributed by atoms with Gasteiger partial charge in [0.1, 0.15) is 0 Å². The van der Waals surface area contributed by atoms with Crippen LogP contribution < -0.4 is 51.4 Å². The summed E-state index contributed by atoms with van der Waals surface area (Å²) >= 11 is 0. The van der Waals surface area contributed by atoms with Gasteiger partial charge in [-0.3, -0.25) is 0 Å². The van der Waals surface area contributed by atoms with Crippen LogP contribution in [-0.2, 0) is 0 Å². The van der Waals surface area contributed by atoms with Gasteiger partial charge in [-0.1, -0.05) is 32.6 Å². The number of rotatable bonds is 0. The average molecular weight is 236 g/mol. The first-order chi connectivity index (χ1) is 6.38. The van der Waals surface area contributed by atoms with Gasteiger partial charge in [0.25, 0.3) is 0 Å². The summed E-state index contributed by atoms with van der Waals surface area (Å²) in [5.41, 5.74) is 0. The van der Waals surface area contributed by atoms with Crippen molar-refractivity contribution in [2.75, 3.05) is 13.6 Å². The van der Waals surface area contributed by atoms with Crippen molar-refractivity contribution < 1.29 is 51.4 Å². The van der Waals surface area contributed by atoms with Crippen molar-refractivity contribution in [2.24, 2.45) is 5.92 Å². The molecule has 0 N–H and O–H groups in total. The summed E-state index contributed by atoms with van der Waals surface area (Å²) in [6.45, 7) is 5.33. The van der Waals surface area contributed by atoms with Crippen LogP contribution in [0.3, 0.4) is 0 Å². The van der Waals surface area contributed by atoms with Crippen molar-refractivity contribution in [3.63, 3.8) is 0 Å². The second kappa shape index (κ2) is 10.7. The number of likely N-dealkylation sites (tertiary alicyclic amines) is 1. The molecule has 2 aliphatic rings. The monoisotopic (exact) mass is 236 g/mol. The molecule has 15 heavy (non-hydrogen) atoms. The fraction of sp³-hybridized carbons (Fsp3) is 0.846. The molecular formula is C13H27KN-. The molecule has 2 rings (SSSR count). The quantitative estimate of drug-likeness (QED) is 0.439. The molecule has 1 saturated heterocycles. The molecule has 0 bridgehead atoms. The standard InChI is InChI=1S/C10H18N.C2H6.CH3.K/c1-11-8-4-6-9-5-2-3-7-10(9)11;1-2;;/h2,9-10H,3-8H2,1H3;1-2H3;1H3;/q-1;;-1;+1. The van der Waals surface area contributed by atoms with Gasteiger partial charge in [-0.05, 0) is 20.0 Å². The number of hydrogen-bond acceptors (Lipinski definition) is 1. The van der Waals surface area contributed by atoms with E-state index in [1.807, 2.05) is 13.8 Å². The van der Waals surface area contributed by atoms with E-state index in [1.165, 1.54) is 38.6 Å². The number of hydrogen-bond donors (Lipinski definition) is 0. The Balaban J connectivity index is 0. The minimum Gasteiger partial charge on any atom is -0.358 e. The van der Waals surface area contributed by atoms with Crippen molar-refractivity contribution >= 4 is 0 Å². The van der Waals surface area contributed by atoms with Gasteiger partial charge >= 0.3 is 51.4 Å². The zero-order chi connectivity index (χ0) is 9.68. The van der Waals surface area contributed by atoms with E-state index in [1.54, 1.807) is 0 Å². The van der Waals surface area contributed by atoms with Crippen LogP contribution >= 0.6 is 0 Å². The molecule has 86 valence electrons. The van der Waals surface area contributed by atoms with Crippen LogP contribution in [0.1, 0.15) is 46.0 Å². The molecule has 0 spiro atoms. The van der Waals surface area contributed by atoms with E-state index in [4.69, 9.17) is 0 Å². The fourth-order valence-electron chi connectivity index (χ4n) is 2.67. The third-order valence-electron chi connectivity index (χ3n) is 3.33. The largest absolute Gasteiger partial charge is 1.00 e. The molecule has 0 aromatic carbocycles. The Labute approximate surface area is 140 Å². The first-order valence-corrected chi connectivity index (χ1v) is 5.90. The van der Waals surface area contributed by atoms with Crippen LogP contribution in [0.5, 0.6) is 0 Å². The van der Waals surface area contributed by atoms with E-state index in [0.29, 0.717) is 0 Å². The van der Waals surface area contributed by atoms with Crippen LogP contribution in [0.2, 0.25) is 0 Å². The first-order valence-electron chi connectivity index (χ1n) is 5.90. The summed E-state index contributed by atoms with van der Waals surface area (Å²) in [6, 6.07) is 0.925. The maximum atomic E-state index is 2.57. The van der Waals surface area contributed by atoms with Crippen molar-refractivity contribution in [3.05, 3.63) is 13.8 Å². The summed E-state index contributed by atoms with van der Waals surface area (Å²) in [5, 5.41) is 0. The van der Waals surface area contributed by atoms with Gasteiger partial charge in [0.05, 0.1) is 0 Å². The zero-order valence-electron chi connectivity index (χ0n) is 11.4. The molecule has 1 saturated carbocycles. The molecule has 0 radical (unpaired) electrons. The summed E-state index contributed by atoms with van der Waals surface area (Å²) in [5.74, 6) is 1.00. The fourth-order valence-corrected chi connectivity index (χ4v) is 2.67. The molecule has 2 fully saturated rings. The van der Waals surface area contributed by atoms with E-state index in [0.717, 1.165) is 12.0 Å².